The number of methoxy groups -OCH3 is 2. The number of carbonyl (C=O) groups excluding carboxylic acids is 2. The van der Waals surface area contributed by atoms with Crippen molar-refractivity contribution in [1.29, 1.82) is 0 Å². The van der Waals surface area contributed by atoms with E-state index in [1.54, 1.807) is 6.07 Å². The second-order valence-corrected chi connectivity index (χ2v) is 5.58. The highest BCUT2D eigenvalue weighted by molar-refractivity contribution is 6.32. The number of halogens is 1. The smallest absolute Gasteiger partial charge is 0.243 e. The molecule has 2 N–H and O–H groups in total. The van der Waals surface area contributed by atoms with Gasteiger partial charge in [0, 0.05) is 6.07 Å². The Morgan fingerprint density at radius 3 is 2.32 bits per heavy atom. The lowest BCUT2D eigenvalue weighted by Gasteiger charge is -2.13. The Morgan fingerprint density at radius 2 is 1.68 bits per heavy atom. The molecule has 132 valence electrons. The van der Waals surface area contributed by atoms with Crippen LogP contribution in [-0.4, -0.2) is 32.6 Å². The SMILES string of the molecule is COc1cc(OC)c(NC(=O)CNC(=O)Cc2ccccc2)cc1Cl. The first-order valence-corrected chi connectivity index (χ1v) is 7.93. The van der Waals surface area contributed by atoms with E-state index >= 15 is 0 Å². The fraction of sp³-hybridized carbons (Fsp3) is 0.222. The monoisotopic (exact) mass is 362 g/mol. The molecule has 0 aliphatic carbocycles. The molecule has 2 amide bonds. The Hall–Kier alpha value is -2.73. The summed E-state index contributed by atoms with van der Waals surface area (Å²) in [7, 11) is 2.96. The normalized spacial score (nSPS) is 10.0. The minimum absolute atomic E-state index is 0.154. The minimum Gasteiger partial charge on any atom is -0.495 e. The van der Waals surface area contributed by atoms with Crippen LogP contribution in [0.5, 0.6) is 11.5 Å². The number of benzene rings is 2. The van der Waals surface area contributed by atoms with Crippen molar-refractivity contribution in [1.82, 2.24) is 5.32 Å². The fourth-order valence-electron chi connectivity index (χ4n) is 2.17. The van der Waals surface area contributed by atoms with E-state index in [1.165, 1.54) is 20.3 Å². The van der Waals surface area contributed by atoms with Gasteiger partial charge in [0.25, 0.3) is 0 Å². The lowest BCUT2D eigenvalue weighted by Crippen LogP contribution is -2.33. The molecule has 2 rings (SSSR count). The van der Waals surface area contributed by atoms with Crippen LogP contribution in [-0.2, 0) is 16.0 Å². The zero-order valence-electron chi connectivity index (χ0n) is 14.0. The van der Waals surface area contributed by atoms with Gasteiger partial charge in [-0.2, -0.15) is 0 Å². The van der Waals surface area contributed by atoms with E-state index in [4.69, 9.17) is 21.1 Å². The Labute approximate surface area is 151 Å². The summed E-state index contributed by atoms with van der Waals surface area (Å²) in [6.07, 6.45) is 0.214. The van der Waals surface area contributed by atoms with Crippen molar-refractivity contribution in [3.05, 3.63) is 53.1 Å². The maximum Gasteiger partial charge on any atom is 0.243 e. The van der Waals surface area contributed by atoms with Crippen molar-refractivity contribution >= 4 is 29.1 Å². The number of hydrogen-bond acceptors (Lipinski definition) is 4. The predicted molar refractivity (Wildman–Crippen MR) is 96.3 cm³/mol. The third-order valence-corrected chi connectivity index (χ3v) is 3.70. The molecule has 0 aromatic heterocycles. The van der Waals surface area contributed by atoms with E-state index in [2.05, 4.69) is 10.6 Å². The van der Waals surface area contributed by atoms with Crippen molar-refractivity contribution in [3.8, 4) is 11.5 Å². The van der Waals surface area contributed by atoms with Crippen LogP contribution in [0.2, 0.25) is 5.02 Å². The first-order valence-electron chi connectivity index (χ1n) is 7.55. The Morgan fingerprint density at radius 1 is 1.00 bits per heavy atom. The van der Waals surface area contributed by atoms with E-state index in [9.17, 15) is 9.59 Å². The van der Waals surface area contributed by atoms with Gasteiger partial charge < -0.3 is 20.1 Å². The highest BCUT2D eigenvalue weighted by atomic mass is 35.5. The van der Waals surface area contributed by atoms with Crippen LogP contribution in [0.1, 0.15) is 5.56 Å². The molecule has 0 heterocycles. The largest absolute Gasteiger partial charge is 0.495 e. The van der Waals surface area contributed by atoms with Gasteiger partial charge in [0.15, 0.2) is 0 Å². The van der Waals surface area contributed by atoms with Crippen molar-refractivity contribution < 1.29 is 19.1 Å². The number of hydrogen-bond donors (Lipinski definition) is 2. The van der Waals surface area contributed by atoms with Crippen molar-refractivity contribution in [2.75, 3.05) is 26.1 Å². The number of ether oxygens (including phenoxy) is 2. The number of nitrogens with one attached hydrogen (secondary N) is 2. The van der Waals surface area contributed by atoms with Gasteiger partial charge in [-0.05, 0) is 11.6 Å². The van der Waals surface area contributed by atoms with Gasteiger partial charge in [0.2, 0.25) is 11.8 Å². The van der Waals surface area contributed by atoms with Gasteiger partial charge in [0.1, 0.15) is 11.5 Å². The summed E-state index contributed by atoms with van der Waals surface area (Å²) in [6.45, 7) is -0.154. The highest BCUT2D eigenvalue weighted by Gasteiger charge is 2.13. The number of anilines is 1. The summed E-state index contributed by atoms with van der Waals surface area (Å²) in [5.74, 6) is 0.222. The predicted octanol–water partition coefficient (Wildman–Crippen LogP) is 2.65. The topological polar surface area (TPSA) is 76.7 Å². The molecule has 25 heavy (non-hydrogen) atoms. The molecule has 6 nitrogen and oxygen atoms in total. The zero-order valence-corrected chi connectivity index (χ0v) is 14.7. The summed E-state index contributed by atoms with van der Waals surface area (Å²) >= 11 is 6.06. The third-order valence-electron chi connectivity index (χ3n) is 3.40. The lowest BCUT2D eigenvalue weighted by atomic mass is 10.1. The highest BCUT2D eigenvalue weighted by Crippen LogP contribution is 2.35. The first-order chi connectivity index (χ1) is 12.0. The number of rotatable bonds is 7. The molecular formula is C18H19ClN2O4. The molecule has 0 fully saturated rings. The quantitative estimate of drug-likeness (QED) is 0.794. The fourth-order valence-corrected chi connectivity index (χ4v) is 2.42. The van der Waals surface area contributed by atoms with Crippen LogP contribution in [0, 0.1) is 0 Å². The Bertz CT molecular complexity index is 750. The van der Waals surface area contributed by atoms with E-state index in [1.807, 2.05) is 30.3 Å². The molecule has 0 aliphatic heterocycles. The number of carbonyl (C=O) groups is 2. The lowest BCUT2D eigenvalue weighted by molar-refractivity contribution is -0.123. The Kier molecular flexibility index (Phi) is 6.65. The van der Waals surface area contributed by atoms with Crippen LogP contribution in [0.25, 0.3) is 0 Å². The summed E-state index contributed by atoms with van der Waals surface area (Å²) < 4.78 is 10.3. The van der Waals surface area contributed by atoms with Crippen LogP contribution in [0.4, 0.5) is 5.69 Å². The summed E-state index contributed by atoms with van der Waals surface area (Å²) in [6, 6.07) is 12.4. The zero-order chi connectivity index (χ0) is 18.2. The van der Waals surface area contributed by atoms with Gasteiger partial charge in [-0.1, -0.05) is 41.9 Å². The van der Waals surface area contributed by atoms with E-state index in [0.717, 1.165) is 5.56 Å². The third kappa shape index (κ3) is 5.39. The molecule has 7 heteroatoms. The van der Waals surface area contributed by atoms with Gasteiger partial charge in [-0.3, -0.25) is 9.59 Å². The van der Waals surface area contributed by atoms with Crippen LogP contribution in [0.3, 0.4) is 0 Å². The van der Waals surface area contributed by atoms with Crippen molar-refractivity contribution in [2.24, 2.45) is 0 Å². The summed E-state index contributed by atoms with van der Waals surface area (Å²) in [5, 5.41) is 5.57. The van der Waals surface area contributed by atoms with E-state index in [-0.39, 0.29) is 24.8 Å². The van der Waals surface area contributed by atoms with Gasteiger partial charge >= 0.3 is 0 Å². The molecule has 0 atom stereocenters. The Balaban J connectivity index is 1.92. The molecule has 2 aromatic carbocycles. The minimum atomic E-state index is -0.388. The molecule has 0 spiro atoms. The standard InChI is InChI=1S/C18H19ClN2O4/c1-24-15-10-16(25-2)14(9-13(15)19)21-18(23)11-20-17(22)8-12-6-4-3-5-7-12/h3-7,9-10H,8,11H2,1-2H3,(H,20,22)(H,21,23). The van der Waals surface area contributed by atoms with Crippen LogP contribution < -0.4 is 20.1 Å². The average molecular weight is 363 g/mol. The molecular weight excluding hydrogens is 344 g/mol. The van der Waals surface area contributed by atoms with Crippen molar-refractivity contribution in [2.45, 2.75) is 6.42 Å². The van der Waals surface area contributed by atoms with E-state index in [0.29, 0.717) is 22.2 Å². The average Bonchev–Trinajstić information content (AvgIpc) is 2.61. The molecule has 2 aromatic rings. The van der Waals surface area contributed by atoms with E-state index < -0.39 is 0 Å². The summed E-state index contributed by atoms with van der Waals surface area (Å²) in [4.78, 5) is 23.9. The molecule has 0 bridgehead atoms. The van der Waals surface area contributed by atoms with Gasteiger partial charge in [-0.25, -0.2) is 0 Å². The maximum absolute atomic E-state index is 12.0. The maximum atomic E-state index is 12.0. The van der Waals surface area contributed by atoms with Crippen LogP contribution >= 0.6 is 11.6 Å². The van der Waals surface area contributed by atoms with Gasteiger partial charge in [0.05, 0.1) is 37.9 Å². The molecule has 0 unspecified atom stereocenters. The molecule has 0 radical (unpaired) electrons. The second kappa shape index (κ2) is 8.94. The number of amides is 2. The second-order valence-electron chi connectivity index (χ2n) is 5.17. The first kappa shape index (κ1) is 18.6. The molecule has 0 saturated heterocycles. The molecule has 0 saturated carbocycles. The molecule has 0 aliphatic rings. The van der Waals surface area contributed by atoms with Crippen molar-refractivity contribution in [3.63, 3.8) is 0 Å². The summed E-state index contributed by atoms with van der Waals surface area (Å²) in [5.41, 5.74) is 1.28. The van der Waals surface area contributed by atoms with Crippen LogP contribution in [0.15, 0.2) is 42.5 Å². The van der Waals surface area contributed by atoms with Gasteiger partial charge in [-0.15, -0.1) is 0 Å².